The summed E-state index contributed by atoms with van der Waals surface area (Å²) >= 11 is 0. The summed E-state index contributed by atoms with van der Waals surface area (Å²) in [5.74, 6) is -2.76. The molecule has 6 nitrogen and oxygen atoms in total. The fraction of sp³-hybridized carbons (Fsp3) is 0.261. The summed E-state index contributed by atoms with van der Waals surface area (Å²) < 4.78 is 27.0. The van der Waals surface area contributed by atoms with Crippen LogP contribution in [-0.2, 0) is 13.0 Å². The molecule has 1 amide bonds. The minimum Gasteiger partial charge on any atom is -0.298 e. The van der Waals surface area contributed by atoms with E-state index in [1.807, 2.05) is 45.0 Å². The number of allylic oxidation sites excluding steroid dienone is 1. The Labute approximate surface area is 181 Å². The van der Waals surface area contributed by atoms with Gasteiger partial charge in [0.2, 0.25) is 0 Å². The van der Waals surface area contributed by atoms with E-state index in [0.717, 1.165) is 36.0 Å². The highest BCUT2D eigenvalue weighted by atomic mass is 19.1. The Kier molecular flexibility index (Phi) is 13.0. The molecule has 2 aromatic carbocycles. The molecule has 0 aliphatic heterocycles. The van der Waals surface area contributed by atoms with Gasteiger partial charge in [-0.3, -0.25) is 19.8 Å². The summed E-state index contributed by atoms with van der Waals surface area (Å²) in [6.07, 6.45) is 1.74. The Morgan fingerprint density at radius 3 is 2.10 bits per heavy atom. The van der Waals surface area contributed by atoms with Gasteiger partial charge < -0.3 is 0 Å². The van der Waals surface area contributed by atoms with Crippen molar-refractivity contribution in [1.82, 2.24) is 10.5 Å². The maximum absolute atomic E-state index is 13.5. The number of aldehydes is 1. The van der Waals surface area contributed by atoms with Crippen LogP contribution in [0.2, 0.25) is 0 Å². The van der Waals surface area contributed by atoms with Crippen LogP contribution in [0.1, 0.15) is 52.6 Å². The summed E-state index contributed by atoms with van der Waals surface area (Å²) in [6, 6.07) is 9.23. The summed E-state index contributed by atoms with van der Waals surface area (Å²) in [6.45, 7) is 12.9. The van der Waals surface area contributed by atoms with E-state index in [1.54, 1.807) is 0 Å². The Balaban J connectivity index is 0.000000564. The molecule has 8 heteroatoms. The monoisotopic (exact) mass is 433 g/mol. The lowest BCUT2D eigenvalue weighted by molar-refractivity contribution is 0.0705. The third-order valence-electron chi connectivity index (χ3n) is 3.75. The minimum absolute atomic E-state index is 0.109. The summed E-state index contributed by atoms with van der Waals surface area (Å²) in [5.41, 5.74) is 3.82. The van der Waals surface area contributed by atoms with E-state index in [1.165, 1.54) is 23.1 Å². The predicted molar refractivity (Wildman–Crippen MR) is 118 cm³/mol. The van der Waals surface area contributed by atoms with Crippen LogP contribution in [0, 0.1) is 11.6 Å². The average Bonchev–Trinajstić information content (AvgIpc) is 2.77. The van der Waals surface area contributed by atoms with E-state index in [-0.39, 0.29) is 17.7 Å². The van der Waals surface area contributed by atoms with E-state index in [2.05, 4.69) is 18.4 Å². The number of carbonyl (C=O) groups is 2. The van der Waals surface area contributed by atoms with Gasteiger partial charge in [-0.05, 0) is 31.0 Å². The molecule has 0 aliphatic rings. The molecule has 2 N–H and O–H groups in total. The number of nitrogens with zero attached hydrogens (tertiary/aromatic N) is 2. The third-order valence-corrected chi connectivity index (χ3v) is 3.75. The number of halogens is 2. The number of hydroxylamine groups is 1. The minimum atomic E-state index is -0.982. The van der Waals surface area contributed by atoms with Crippen molar-refractivity contribution >= 4 is 18.9 Å². The molecule has 0 bridgehead atoms. The molecule has 0 saturated heterocycles. The zero-order chi connectivity index (χ0) is 24.0. The van der Waals surface area contributed by atoms with Crippen LogP contribution < -0.4 is 5.48 Å². The SMILES string of the molecule is C=C(C)Cc1ccc(C=O)cc1.C=NN(C)Cc1c(F)cc(C(=O)NO)cc1F.CC. The number of amides is 1. The van der Waals surface area contributed by atoms with Gasteiger partial charge in [0.25, 0.3) is 5.91 Å². The van der Waals surface area contributed by atoms with Gasteiger partial charge in [-0.15, -0.1) is 0 Å². The smallest absolute Gasteiger partial charge is 0.274 e. The Morgan fingerprint density at radius 1 is 1.19 bits per heavy atom. The normalized spacial score (nSPS) is 9.26. The van der Waals surface area contributed by atoms with Crippen molar-refractivity contribution in [1.29, 1.82) is 0 Å². The van der Waals surface area contributed by atoms with Gasteiger partial charge >= 0.3 is 0 Å². The van der Waals surface area contributed by atoms with Crippen molar-refractivity contribution in [2.45, 2.75) is 33.7 Å². The first-order chi connectivity index (χ1) is 14.7. The van der Waals surface area contributed by atoms with Gasteiger partial charge in [-0.1, -0.05) is 50.3 Å². The van der Waals surface area contributed by atoms with Gasteiger partial charge in [0.1, 0.15) is 17.9 Å². The fourth-order valence-electron chi connectivity index (χ4n) is 2.29. The molecule has 168 valence electrons. The first-order valence-electron chi connectivity index (χ1n) is 9.50. The van der Waals surface area contributed by atoms with Gasteiger partial charge in [-0.25, -0.2) is 14.3 Å². The van der Waals surface area contributed by atoms with Crippen molar-refractivity contribution in [3.63, 3.8) is 0 Å². The number of nitrogens with one attached hydrogen (secondary N) is 1. The van der Waals surface area contributed by atoms with Crippen LogP contribution in [0.3, 0.4) is 0 Å². The first-order valence-corrected chi connectivity index (χ1v) is 9.50. The molecular weight excluding hydrogens is 404 g/mol. The molecule has 0 heterocycles. The van der Waals surface area contributed by atoms with Crippen molar-refractivity contribution in [2.24, 2.45) is 5.10 Å². The van der Waals surface area contributed by atoms with Gasteiger partial charge in [0.15, 0.2) is 0 Å². The molecule has 2 aromatic rings. The van der Waals surface area contributed by atoms with Crippen molar-refractivity contribution in [2.75, 3.05) is 7.05 Å². The molecule has 0 spiro atoms. The molecule has 0 aliphatic carbocycles. The van der Waals surface area contributed by atoms with Crippen LogP contribution in [0.4, 0.5) is 8.78 Å². The highest BCUT2D eigenvalue weighted by molar-refractivity contribution is 5.93. The first kappa shape index (κ1) is 27.6. The van der Waals surface area contributed by atoms with Crippen LogP contribution in [0.5, 0.6) is 0 Å². The number of benzene rings is 2. The number of hydrazone groups is 1. The lowest BCUT2D eigenvalue weighted by Crippen LogP contribution is -2.20. The van der Waals surface area contributed by atoms with Crippen molar-refractivity contribution in [3.05, 3.63) is 82.4 Å². The van der Waals surface area contributed by atoms with Gasteiger partial charge in [0, 0.05) is 30.5 Å². The Hall–Kier alpha value is -3.39. The second kappa shape index (κ2) is 14.6. The summed E-state index contributed by atoms with van der Waals surface area (Å²) in [7, 11) is 1.50. The molecule has 0 radical (unpaired) electrons. The topological polar surface area (TPSA) is 82.0 Å². The summed E-state index contributed by atoms with van der Waals surface area (Å²) in [4.78, 5) is 21.3. The Morgan fingerprint density at radius 2 is 1.71 bits per heavy atom. The maximum Gasteiger partial charge on any atom is 0.274 e. The van der Waals surface area contributed by atoms with Crippen LogP contribution in [0.25, 0.3) is 0 Å². The highest BCUT2D eigenvalue weighted by Crippen LogP contribution is 2.17. The third kappa shape index (κ3) is 9.77. The number of rotatable bonds is 7. The molecular formula is C23H29F2N3O3. The zero-order valence-electron chi connectivity index (χ0n) is 18.3. The van der Waals surface area contributed by atoms with Gasteiger partial charge in [-0.2, -0.15) is 5.10 Å². The number of hydrogen-bond acceptors (Lipinski definition) is 5. The lowest BCUT2D eigenvalue weighted by Gasteiger charge is -2.13. The molecule has 0 atom stereocenters. The molecule has 31 heavy (non-hydrogen) atoms. The van der Waals surface area contributed by atoms with Crippen LogP contribution in [0.15, 0.2) is 53.7 Å². The maximum atomic E-state index is 13.5. The fourth-order valence-corrected chi connectivity index (χ4v) is 2.29. The summed E-state index contributed by atoms with van der Waals surface area (Å²) in [5, 5.41) is 13.1. The van der Waals surface area contributed by atoms with E-state index < -0.39 is 17.5 Å². The highest BCUT2D eigenvalue weighted by Gasteiger charge is 2.15. The lowest BCUT2D eigenvalue weighted by atomic mass is 10.1. The van der Waals surface area contributed by atoms with Crippen LogP contribution >= 0.6 is 0 Å². The zero-order valence-corrected chi connectivity index (χ0v) is 18.3. The predicted octanol–water partition coefficient (Wildman–Crippen LogP) is 4.78. The van der Waals surface area contributed by atoms with Crippen molar-refractivity contribution in [3.8, 4) is 0 Å². The Bertz CT molecular complexity index is 861. The van der Waals surface area contributed by atoms with E-state index in [0.29, 0.717) is 0 Å². The average molecular weight is 433 g/mol. The number of hydrogen-bond donors (Lipinski definition) is 2. The quantitative estimate of drug-likeness (QED) is 0.217. The van der Waals surface area contributed by atoms with Gasteiger partial charge in [0.05, 0.1) is 6.54 Å². The van der Waals surface area contributed by atoms with E-state index >= 15 is 0 Å². The molecule has 0 saturated carbocycles. The molecule has 2 rings (SSSR count). The molecule has 0 aromatic heterocycles. The standard InChI is InChI=1S/C11H12O.C10H11F2N3O2.C2H6/c1-9(2)7-10-3-5-11(8-12)6-4-10;1-13-15(2)5-7-8(11)3-6(4-9(7)12)10(16)14-17;1-2/h3-6,8H,1,7H2,2H3;3-4,17H,1,5H2,2H3,(H,14,16);1-2H3. The van der Waals surface area contributed by atoms with E-state index in [4.69, 9.17) is 5.21 Å². The second-order valence-electron chi connectivity index (χ2n) is 6.31. The van der Waals surface area contributed by atoms with Crippen LogP contribution in [-0.4, -0.2) is 36.2 Å². The molecule has 0 unspecified atom stereocenters. The van der Waals surface area contributed by atoms with Crippen molar-refractivity contribution < 1.29 is 23.6 Å². The largest absolute Gasteiger partial charge is 0.298 e. The molecule has 0 fully saturated rings. The van der Waals surface area contributed by atoms with E-state index in [9.17, 15) is 18.4 Å². The second-order valence-corrected chi connectivity index (χ2v) is 6.31. The number of carbonyl (C=O) groups excluding carboxylic acids is 2.